The summed E-state index contributed by atoms with van der Waals surface area (Å²) >= 11 is 0. The van der Waals surface area contributed by atoms with E-state index in [0.717, 1.165) is 47.7 Å². The number of aryl methyl sites for hydroxylation is 1. The van der Waals surface area contributed by atoms with Crippen LogP contribution in [0.1, 0.15) is 36.7 Å². The van der Waals surface area contributed by atoms with Crippen molar-refractivity contribution in [1.82, 2.24) is 34.9 Å². The third-order valence-electron chi connectivity index (χ3n) is 5.26. The monoisotopic (exact) mass is 392 g/mol. The summed E-state index contributed by atoms with van der Waals surface area (Å²) in [5.74, 6) is 3.77. The summed E-state index contributed by atoms with van der Waals surface area (Å²) in [6, 6.07) is 10.2. The Hall–Kier alpha value is -3.16. The maximum absolute atomic E-state index is 4.52. The smallest absolute Gasteiger partial charge is 0.194 e. The molecule has 0 atom stereocenters. The van der Waals surface area contributed by atoms with Crippen LogP contribution in [0, 0.1) is 0 Å². The van der Waals surface area contributed by atoms with Crippen molar-refractivity contribution in [1.29, 1.82) is 0 Å². The Balaban J connectivity index is 1.37. The van der Waals surface area contributed by atoms with Crippen LogP contribution < -0.4 is 5.32 Å². The largest absolute Gasteiger partial charge is 0.349 e. The van der Waals surface area contributed by atoms with E-state index in [-0.39, 0.29) is 0 Å². The molecule has 8 nitrogen and oxygen atoms in total. The second-order valence-corrected chi connectivity index (χ2v) is 7.36. The summed E-state index contributed by atoms with van der Waals surface area (Å²) in [5, 5.41) is 12.2. The molecule has 4 rings (SSSR count). The summed E-state index contributed by atoms with van der Waals surface area (Å²) in [4.78, 5) is 14.4. The van der Waals surface area contributed by atoms with Gasteiger partial charge in [0.25, 0.3) is 0 Å². The molecule has 0 aliphatic carbocycles. The molecule has 0 saturated carbocycles. The van der Waals surface area contributed by atoms with E-state index in [1.54, 1.807) is 7.05 Å². The van der Waals surface area contributed by atoms with Gasteiger partial charge in [0.2, 0.25) is 0 Å². The molecular weight excluding hydrogens is 364 g/mol. The highest BCUT2D eigenvalue weighted by atomic mass is 15.3. The average Bonchev–Trinajstić information content (AvgIpc) is 3.29. The Morgan fingerprint density at radius 2 is 2.07 bits per heavy atom. The molecule has 1 aliphatic rings. The zero-order chi connectivity index (χ0) is 20.1. The van der Waals surface area contributed by atoms with Crippen molar-refractivity contribution in [2.24, 2.45) is 4.99 Å². The van der Waals surface area contributed by atoms with Crippen molar-refractivity contribution in [3.8, 4) is 11.3 Å². The molecule has 0 unspecified atom stereocenters. The number of benzene rings is 1. The number of nitrogens with one attached hydrogen (secondary N) is 2. The molecule has 0 fully saturated rings. The summed E-state index contributed by atoms with van der Waals surface area (Å²) in [7, 11) is 3.80. The molecule has 3 heterocycles. The lowest BCUT2D eigenvalue weighted by Gasteiger charge is -2.21. The van der Waals surface area contributed by atoms with Crippen LogP contribution in [0.3, 0.4) is 0 Å². The first-order valence-corrected chi connectivity index (χ1v) is 10.2. The van der Waals surface area contributed by atoms with Crippen LogP contribution in [0.5, 0.6) is 0 Å². The number of imidazole rings is 1. The van der Waals surface area contributed by atoms with E-state index in [2.05, 4.69) is 47.2 Å². The molecule has 0 bridgehead atoms. The Morgan fingerprint density at radius 3 is 2.90 bits per heavy atom. The summed E-state index contributed by atoms with van der Waals surface area (Å²) in [6.45, 7) is 2.24. The Kier molecular flexibility index (Phi) is 5.88. The maximum Gasteiger partial charge on any atom is 0.194 e. The van der Waals surface area contributed by atoms with Crippen LogP contribution in [-0.2, 0) is 26.1 Å². The minimum Gasteiger partial charge on any atom is -0.349 e. The van der Waals surface area contributed by atoms with Gasteiger partial charge in [-0.2, -0.15) is 0 Å². The van der Waals surface area contributed by atoms with Gasteiger partial charge >= 0.3 is 0 Å². The number of H-pyrrole nitrogens is 1. The molecule has 1 aliphatic heterocycles. The predicted molar refractivity (Wildman–Crippen MR) is 113 cm³/mol. The Labute approximate surface area is 171 Å². The fourth-order valence-electron chi connectivity index (χ4n) is 3.73. The van der Waals surface area contributed by atoms with Gasteiger partial charge in [-0.3, -0.25) is 4.99 Å². The van der Waals surface area contributed by atoms with Gasteiger partial charge < -0.3 is 19.8 Å². The number of aromatic amines is 1. The number of rotatable bonds is 5. The van der Waals surface area contributed by atoms with Crippen molar-refractivity contribution in [2.75, 3.05) is 14.1 Å². The lowest BCUT2D eigenvalue weighted by atomic mass is 10.2. The Bertz CT molecular complexity index is 956. The zero-order valence-electron chi connectivity index (χ0n) is 17.1. The third-order valence-corrected chi connectivity index (χ3v) is 5.26. The molecule has 0 saturated heterocycles. The van der Waals surface area contributed by atoms with E-state index in [1.807, 2.05) is 36.3 Å². The van der Waals surface area contributed by atoms with Crippen LogP contribution in [0.15, 0.2) is 41.5 Å². The van der Waals surface area contributed by atoms with Gasteiger partial charge in [0.05, 0.1) is 25.0 Å². The molecule has 1 aromatic carbocycles. The normalized spacial score (nSPS) is 14.3. The summed E-state index contributed by atoms with van der Waals surface area (Å²) < 4.78 is 2.26. The van der Waals surface area contributed by atoms with Crippen molar-refractivity contribution in [3.05, 3.63) is 54.0 Å². The molecule has 0 spiro atoms. The minimum atomic E-state index is 0.609. The number of hydrogen-bond donors (Lipinski definition) is 2. The van der Waals surface area contributed by atoms with Gasteiger partial charge in [0.15, 0.2) is 11.8 Å². The topological polar surface area (TPSA) is 87.0 Å². The van der Waals surface area contributed by atoms with Crippen LogP contribution in [0.4, 0.5) is 0 Å². The maximum atomic E-state index is 4.52. The number of nitrogens with zero attached hydrogens (tertiary/aromatic N) is 6. The molecule has 29 heavy (non-hydrogen) atoms. The summed E-state index contributed by atoms with van der Waals surface area (Å²) in [6.07, 6.45) is 6.54. The fraction of sp³-hybridized carbons (Fsp3) is 0.429. The van der Waals surface area contributed by atoms with Crippen LogP contribution in [0.25, 0.3) is 11.3 Å². The van der Waals surface area contributed by atoms with Gasteiger partial charge in [-0.05, 0) is 18.4 Å². The molecule has 2 N–H and O–H groups in total. The number of guanidine groups is 1. The van der Waals surface area contributed by atoms with Gasteiger partial charge in [0.1, 0.15) is 11.6 Å². The van der Waals surface area contributed by atoms with Gasteiger partial charge in [-0.25, -0.2) is 4.98 Å². The lowest BCUT2D eigenvalue weighted by molar-refractivity contribution is 0.461. The van der Waals surface area contributed by atoms with E-state index < -0.39 is 0 Å². The van der Waals surface area contributed by atoms with Gasteiger partial charge in [-0.15, -0.1) is 10.2 Å². The first-order valence-electron chi connectivity index (χ1n) is 10.2. The van der Waals surface area contributed by atoms with Crippen molar-refractivity contribution < 1.29 is 0 Å². The average molecular weight is 393 g/mol. The first kappa shape index (κ1) is 19.2. The van der Waals surface area contributed by atoms with E-state index in [1.165, 1.54) is 19.3 Å². The number of hydrogen-bond acceptors (Lipinski definition) is 4. The van der Waals surface area contributed by atoms with E-state index in [9.17, 15) is 0 Å². The highest BCUT2D eigenvalue weighted by Crippen LogP contribution is 2.17. The third kappa shape index (κ3) is 4.47. The van der Waals surface area contributed by atoms with Gasteiger partial charge in [0, 0.05) is 27.1 Å². The lowest BCUT2D eigenvalue weighted by Crippen LogP contribution is -2.38. The van der Waals surface area contributed by atoms with E-state index in [4.69, 9.17) is 0 Å². The minimum absolute atomic E-state index is 0.609. The van der Waals surface area contributed by atoms with Crippen molar-refractivity contribution in [2.45, 2.75) is 45.3 Å². The SMILES string of the molecule is CN=C(NCc1nnc2n1CCCCC2)N(C)Cc1ncc(-c2ccccc2)[nH]1. The van der Waals surface area contributed by atoms with E-state index in [0.29, 0.717) is 13.1 Å². The molecule has 0 amide bonds. The van der Waals surface area contributed by atoms with Gasteiger partial charge in [-0.1, -0.05) is 36.8 Å². The second kappa shape index (κ2) is 8.89. The molecule has 3 aromatic rings. The predicted octanol–water partition coefficient (Wildman–Crippen LogP) is 2.60. The number of aromatic nitrogens is 5. The standard InChI is InChI=1S/C21H28N8/c1-22-21(24-14-20-27-26-19-11-7-4-8-12-29(19)20)28(2)15-18-23-13-17(25-18)16-9-5-3-6-10-16/h3,5-6,9-10,13H,4,7-8,11-12,14-15H2,1-2H3,(H,22,24)(H,23,25). The molecule has 152 valence electrons. The second-order valence-electron chi connectivity index (χ2n) is 7.36. The van der Waals surface area contributed by atoms with Crippen LogP contribution in [0.2, 0.25) is 0 Å². The zero-order valence-corrected chi connectivity index (χ0v) is 17.1. The van der Waals surface area contributed by atoms with E-state index >= 15 is 0 Å². The Morgan fingerprint density at radius 1 is 1.21 bits per heavy atom. The molecule has 0 radical (unpaired) electrons. The van der Waals surface area contributed by atoms with Crippen LogP contribution in [-0.4, -0.2) is 49.7 Å². The molecular formula is C21H28N8. The van der Waals surface area contributed by atoms with Crippen molar-refractivity contribution in [3.63, 3.8) is 0 Å². The highest BCUT2D eigenvalue weighted by Gasteiger charge is 2.16. The van der Waals surface area contributed by atoms with Crippen molar-refractivity contribution >= 4 is 5.96 Å². The summed E-state index contributed by atoms with van der Waals surface area (Å²) in [5.41, 5.74) is 2.15. The van der Waals surface area contributed by atoms with Crippen LogP contribution >= 0.6 is 0 Å². The molecule has 2 aromatic heterocycles. The quantitative estimate of drug-likeness (QED) is 0.515. The highest BCUT2D eigenvalue weighted by molar-refractivity contribution is 5.79. The number of aliphatic imine (C=N–C) groups is 1. The number of fused-ring (bicyclic) bond motifs is 1. The fourth-order valence-corrected chi connectivity index (χ4v) is 3.73. The first-order chi connectivity index (χ1) is 14.2. The molecule has 8 heteroatoms.